The maximum Gasteiger partial charge on any atom is 0.335 e. The topological polar surface area (TPSA) is 113 Å². The molecule has 0 atom stereocenters. The van der Waals surface area contributed by atoms with Crippen molar-refractivity contribution in [2.45, 2.75) is 6.61 Å². The quantitative estimate of drug-likeness (QED) is 0.224. The highest BCUT2D eigenvalue weighted by Gasteiger charge is 2.10. The molecule has 0 saturated heterocycles. The van der Waals surface area contributed by atoms with Crippen molar-refractivity contribution < 1.29 is 19.6 Å². The second-order valence-corrected chi connectivity index (χ2v) is 6.88. The van der Waals surface area contributed by atoms with Crippen LogP contribution in [0.25, 0.3) is 11.6 Å². The van der Waals surface area contributed by atoms with Crippen LogP contribution in [0, 0.1) is 21.4 Å². The summed E-state index contributed by atoms with van der Waals surface area (Å²) >= 11 is 6.11. The lowest BCUT2D eigenvalue weighted by Crippen LogP contribution is -2.00. The van der Waals surface area contributed by atoms with Crippen LogP contribution in [0.15, 0.2) is 66.7 Å². The number of aromatic carboxylic acids is 1. The predicted molar refractivity (Wildman–Crippen MR) is 116 cm³/mol. The van der Waals surface area contributed by atoms with Gasteiger partial charge in [0.25, 0.3) is 5.69 Å². The molecule has 0 bridgehead atoms. The Labute approximate surface area is 182 Å². The molecular formula is C23H15ClN2O5. The van der Waals surface area contributed by atoms with Crippen LogP contribution < -0.4 is 4.74 Å². The van der Waals surface area contributed by atoms with E-state index in [1.54, 1.807) is 36.4 Å². The van der Waals surface area contributed by atoms with Gasteiger partial charge in [0.2, 0.25) is 0 Å². The molecule has 0 radical (unpaired) electrons. The number of carboxylic acid groups (broad SMARTS) is 1. The van der Waals surface area contributed by atoms with Gasteiger partial charge in [-0.15, -0.1) is 0 Å². The van der Waals surface area contributed by atoms with Crippen LogP contribution in [0.2, 0.25) is 5.02 Å². The van der Waals surface area contributed by atoms with Crippen molar-refractivity contribution in [2.24, 2.45) is 0 Å². The molecule has 0 amide bonds. The zero-order chi connectivity index (χ0) is 22.4. The molecule has 3 rings (SSSR count). The van der Waals surface area contributed by atoms with Crippen molar-refractivity contribution in [2.75, 3.05) is 0 Å². The molecule has 0 fully saturated rings. The third-order valence-electron chi connectivity index (χ3n) is 4.38. The van der Waals surface area contributed by atoms with E-state index in [1.807, 2.05) is 0 Å². The summed E-state index contributed by atoms with van der Waals surface area (Å²) in [6, 6.07) is 19.0. The lowest BCUT2D eigenvalue weighted by atomic mass is 10.0. The molecule has 3 aromatic carbocycles. The molecule has 0 heterocycles. The van der Waals surface area contributed by atoms with Crippen LogP contribution in [-0.4, -0.2) is 16.0 Å². The van der Waals surface area contributed by atoms with E-state index < -0.39 is 10.9 Å². The van der Waals surface area contributed by atoms with Gasteiger partial charge in [-0.25, -0.2) is 4.79 Å². The number of carboxylic acids is 1. The molecule has 31 heavy (non-hydrogen) atoms. The summed E-state index contributed by atoms with van der Waals surface area (Å²) in [6.45, 7) is 0.182. The molecule has 7 nitrogen and oxygen atoms in total. The first kappa shape index (κ1) is 21.6. The van der Waals surface area contributed by atoms with E-state index >= 15 is 0 Å². The second kappa shape index (κ2) is 9.57. The molecule has 8 heteroatoms. The van der Waals surface area contributed by atoms with Gasteiger partial charge in [-0.05, 0) is 59.7 Å². The minimum atomic E-state index is -1.01. The lowest BCUT2D eigenvalue weighted by molar-refractivity contribution is -0.384. The Morgan fingerprint density at radius 2 is 1.74 bits per heavy atom. The van der Waals surface area contributed by atoms with Gasteiger partial charge in [0.1, 0.15) is 12.4 Å². The Morgan fingerprint density at radius 3 is 2.32 bits per heavy atom. The standard InChI is InChI=1S/C23H15ClN2O5/c24-20-7-10-22(31-14-15-1-3-17(4-2-15)23(27)28)18(12-20)11-19(13-25)16-5-8-21(9-6-16)26(29)30/h1-12H,14H2,(H,27,28)/b19-11+. The molecular weight excluding hydrogens is 420 g/mol. The fourth-order valence-electron chi connectivity index (χ4n) is 2.77. The number of hydrogen-bond acceptors (Lipinski definition) is 5. The molecule has 0 unspecified atom stereocenters. The number of nitro groups is 1. The average molecular weight is 435 g/mol. The van der Waals surface area contributed by atoms with Crippen LogP contribution in [0.3, 0.4) is 0 Å². The predicted octanol–water partition coefficient (Wildman–Crippen LogP) is 5.59. The minimum absolute atomic E-state index is 0.0678. The maximum absolute atomic E-state index is 11.0. The minimum Gasteiger partial charge on any atom is -0.488 e. The van der Waals surface area contributed by atoms with Gasteiger partial charge in [-0.1, -0.05) is 23.7 Å². The molecule has 0 aromatic heterocycles. The Hall–Kier alpha value is -4.15. The van der Waals surface area contributed by atoms with E-state index in [2.05, 4.69) is 6.07 Å². The SMILES string of the molecule is N#C/C(=C\c1cc(Cl)ccc1OCc1ccc(C(=O)O)cc1)c1ccc([N+](=O)[O-])cc1. The van der Waals surface area contributed by atoms with Crippen LogP contribution in [0.5, 0.6) is 5.75 Å². The number of rotatable bonds is 7. The molecule has 3 aromatic rings. The van der Waals surface area contributed by atoms with E-state index in [-0.39, 0.29) is 23.4 Å². The summed E-state index contributed by atoms with van der Waals surface area (Å²) in [5.74, 6) is -0.533. The first-order chi connectivity index (χ1) is 14.9. The number of nitriles is 1. The average Bonchev–Trinajstić information content (AvgIpc) is 2.77. The number of halogens is 1. The summed E-state index contributed by atoms with van der Waals surface area (Å²) in [5.41, 5.74) is 2.24. The van der Waals surface area contributed by atoms with Crippen molar-refractivity contribution in [1.82, 2.24) is 0 Å². The first-order valence-corrected chi connectivity index (χ1v) is 9.36. The molecule has 1 N–H and O–H groups in total. The van der Waals surface area contributed by atoms with Gasteiger partial charge in [-0.3, -0.25) is 10.1 Å². The van der Waals surface area contributed by atoms with E-state index in [4.69, 9.17) is 21.4 Å². The molecule has 0 aliphatic carbocycles. The number of hydrogen-bond donors (Lipinski definition) is 1. The number of non-ortho nitro benzene ring substituents is 1. The smallest absolute Gasteiger partial charge is 0.335 e. The van der Waals surface area contributed by atoms with Gasteiger partial charge in [0, 0.05) is 22.7 Å². The van der Waals surface area contributed by atoms with Gasteiger partial charge in [-0.2, -0.15) is 5.26 Å². The number of nitro benzene ring substituents is 1. The van der Waals surface area contributed by atoms with Crippen LogP contribution in [0.4, 0.5) is 5.69 Å². The van der Waals surface area contributed by atoms with E-state index in [0.717, 1.165) is 5.56 Å². The number of allylic oxidation sites excluding steroid dienone is 1. The van der Waals surface area contributed by atoms with Crippen molar-refractivity contribution in [3.05, 3.63) is 104 Å². The summed E-state index contributed by atoms with van der Waals surface area (Å²) in [5, 5.41) is 29.8. The zero-order valence-corrected chi connectivity index (χ0v) is 16.7. The Kier molecular flexibility index (Phi) is 6.65. The van der Waals surface area contributed by atoms with Crippen LogP contribution in [0.1, 0.15) is 27.0 Å². The highest BCUT2D eigenvalue weighted by atomic mass is 35.5. The highest BCUT2D eigenvalue weighted by Crippen LogP contribution is 2.29. The normalized spacial score (nSPS) is 10.9. The molecule has 0 aliphatic rings. The Balaban J connectivity index is 1.86. The van der Waals surface area contributed by atoms with E-state index in [0.29, 0.717) is 21.9 Å². The number of benzene rings is 3. The van der Waals surface area contributed by atoms with Crippen LogP contribution in [-0.2, 0) is 6.61 Å². The van der Waals surface area contributed by atoms with Crippen LogP contribution >= 0.6 is 11.6 Å². The molecule has 0 aliphatic heterocycles. The monoisotopic (exact) mass is 434 g/mol. The second-order valence-electron chi connectivity index (χ2n) is 6.45. The Bertz CT molecular complexity index is 1200. The van der Waals surface area contributed by atoms with Crippen molar-refractivity contribution in [3.8, 4) is 11.8 Å². The first-order valence-electron chi connectivity index (χ1n) is 8.98. The van der Waals surface area contributed by atoms with Crippen molar-refractivity contribution in [1.29, 1.82) is 5.26 Å². The van der Waals surface area contributed by atoms with Gasteiger partial charge in [0.15, 0.2) is 0 Å². The lowest BCUT2D eigenvalue weighted by Gasteiger charge is -2.11. The Morgan fingerprint density at radius 1 is 1.10 bits per heavy atom. The number of nitrogens with zero attached hydrogens (tertiary/aromatic N) is 2. The number of carbonyl (C=O) groups is 1. The zero-order valence-electron chi connectivity index (χ0n) is 16.0. The molecule has 154 valence electrons. The molecule has 0 saturated carbocycles. The summed E-state index contributed by atoms with van der Waals surface area (Å²) in [7, 11) is 0. The molecule has 0 spiro atoms. The van der Waals surface area contributed by atoms with Crippen molar-refractivity contribution >= 4 is 34.9 Å². The van der Waals surface area contributed by atoms with Gasteiger partial charge in [0.05, 0.1) is 22.1 Å². The fourth-order valence-corrected chi connectivity index (χ4v) is 2.95. The number of ether oxygens (including phenoxy) is 1. The maximum atomic E-state index is 11.0. The van der Waals surface area contributed by atoms with E-state index in [9.17, 15) is 20.2 Å². The highest BCUT2D eigenvalue weighted by molar-refractivity contribution is 6.30. The third-order valence-corrected chi connectivity index (χ3v) is 4.61. The van der Waals surface area contributed by atoms with Crippen molar-refractivity contribution in [3.63, 3.8) is 0 Å². The van der Waals surface area contributed by atoms with Gasteiger partial charge < -0.3 is 9.84 Å². The fraction of sp³-hybridized carbons (Fsp3) is 0.0435. The third kappa shape index (κ3) is 5.47. The van der Waals surface area contributed by atoms with Gasteiger partial charge >= 0.3 is 5.97 Å². The summed E-state index contributed by atoms with van der Waals surface area (Å²) in [6.07, 6.45) is 1.59. The summed E-state index contributed by atoms with van der Waals surface area (Å²) < 4.78 is 5.86. The van der Waals surface area contributed by atoms with E-state index in [1.165, 1.54) is 36.4 Å². The summed E-state index contributed by atoms with van der Waals surface area (Å²) in [4.78, 5) is 21.3. The largest absolute Gasteiger partial charge is 0.488 e.